The summed E-state index contributed by atoms with van der Waals surface area (Å²) in [4.78, 5) is 25.7. The van der Waals surface area contributed by atoms with Crippen LogP contribution in [0, 0.1) is 0 Å². The molecule has 1 aliphatic heterocycles. The molecule has 2 aromatic rings. The van der Waals surface area contributed by atoms with Crippen molar-refractivity contribution in [2.45, 2.75) is 12.5 Å². The average molecular weight is 316 g/mol. The van der Waals surface area contributed by atoms with Crippen LogP contribution in [0.2, 0.25) is 0 Å². The van der Waals surface area contributed by atoms with E-state index in [0.717, 1.165) is 5.69 Å². The van der Waals surface area contributed by atoms with E-state index in [2.05, 4.69) is 20.3 Å². The van der Waals surface area contributed by atoms with E-state index in [1.807, 2.05) is 18.2 Å². The standard InChI is InChI=1S/C15H16N4O4/c1-22-12-4-2-3-11(8-12)19-9-10(7-14(19)20)16-15(21)17-13-5-6-23-18-13/h2-6,8,10H,7,9H2,1H3,(H2,16,17,18,21)/t10-/m1/s1. The van der Waals surface area contributed by atoms with Gasteiger partial charge in [-0.2, -0.15) is 0 Å². The Morgan fingerprint density at radius 1 is 1.43 bits per heavy atom. The second kappa shape index (κ2) is 6.39. The highest BCUT2D eigenvalue weighted by atomic mass is 16.5. The zero-order valence-corrected chi connectivity index (χ0v) is 12.5. The van der Waals surface area contributed by atoms with Gasteiger partial charge < -0.3 is 19.5 Å². The number of anilines is 2. The predicted octanol–water partition coefficient (Wildman–Crippen LogP) is 1.61. The van der Waals surface area contributed by atoms with E-state index in [0.29, 0.717) is 18.1 Å². The van der Waals surface area contributed by atoms with Crippen molar-refractivity contribution in [3.63, 3.8) is 0 Å². The largest absolute Gasteiger partial charge is 0.497 e. The second-order valence-corrected chi connectivity index (χ2v) is 5.09. The average Bonchev–Trinajstić information content (AvgIpc) is 3.17. The summed E-state index contributed by atoms with van der Waals surface area (Å²) in [6.45, 7) is 0.401. The molecule has 120 valence electrons. The van der Waals surface area contributed by atoms with E-state index in [1.165, 1.54) is 12.3 Å². The number of amides is 3. The van der Waals surface area contributed by atoms with Gasteiger partial charge in [-0.3, -0.25) is 10.1 Å². The molecular weight excluding hydrogens is 300 g/mol. The van der Waals surface area contributed by atoms with Crippen molar-refractivity contribution in [2.75, 3.05) is 23.9 Å². The Hall–Kier alpha value is -3.03. The molecule has 0 spiro atoms. The molecule has 0 unspecified atom stereocenters. The molecule has 1 saturated heterocycles. The van der Waals surface area contributed by atoms with Crippen molar-refractivity contribution in [1.82, 2.24) is 10.5 Å². The Morgan fingerprint density at radius 2 is 2.30 bits per heavy atom. The number of ether oxygens (including phenoxy) is 1. The van der Waals surface area contributed by atoms with Gasteiger partial charge in [-0.15, -0.1) is 0 Å². The molecule has 1 aliphatic rings. The van der Waals surface area contributed by atoms with Gasteiger partial charge in [0, 0.05) is 30.8 Å². The third-order valence-electron chi connectivity index (χ3n) is 3.50. The summed E-state index contributed by atoms with van der Waals surface area (Å²) in [5, 5.41) is 8.87. The van der Waals surface area contributed by atoms with Gasteiger partial charge >= 0.3 is 6.03 Å². The van der Waals surface area contributed by atoms with Gasteiger partial charge in [0.1, 0.15) is 12.0 Å². The van der Waals surface area contributed by atoms with E-state index in [-0.39, 0.29) is 18.4 Å². The van der Waals surface area contributed by atoms with Gasteiger partial charge in [-0.05, 0) is 12.1 Å². The van der Waals surface area contributed by atoms with Crippen LogP contribution < -0.4 is 20.3 Å². The summed E-state index contributed by atoms with van der Waals surface area (Å²) in [5.41, 5.74) is 0.746. The number of methoxy groups -OCH3 is 1. The van der Waals surface area contributed by atoms with Crippen LogP contribution in [0.5, 0.6) is 5.75 Å². The second-order valence-electron chi connectivity index (χ2n) is 5.09. The summed E-state index contributed by atoms with van der Waals surface area (Å²) in [6.07, 6.45) is 1.60. The number of aromatic nitrogens is 1. The highest BCUT2D eigenvalue weighted by Crippen LogP contribution is 2.25. The summed E-state index contributed by atoms with van der Waals surface area (Å²) >= 11 is 0. The molecule has 3 rings (SSSR count). The SMILES string of the molecule is COc1cccc(N2C[C@H](NC(=O)Nc3ccon3)CC2=O)c1. The number of hydrogen-bond donors (Lipinski definition) is 2. The first-order chi connectivity index (χ1) is 11.2. The maximum atomic E-state index is 12.2. The van der Waals surface area contributed by atoms with Gasteiger partial charge in [-0.1, -0.05) is 11.2 Å². The summed E-state index contributed by atoms with van der Waals surface area (Å²) in [6, 6.07) is 8.07. The maximum absolute atomic E-state index is 12.2. The van der Waals surface area contributed by atoms with Crippen LogP contribution in [-0.4, -0.2) is 36.8 Å². The van der Waals surface area contributed by atoms with Crippen molar-refractivity contribution in [2.24, 2.45) is 0 Å². The lowest BCUT2D eigenvalue weighted by Gasteiger charge is -2.18. The molecule has 8 heteroatoms. The van der Waals surface area contributed by atoms with Crippen LogP contribution in [0.3, 0.4) is 0 Å². The molecule has 1 fully saturated rings. The van der Waals surface area contributed by atoms with Crippen molar-refractivity contribution in [1.29, 1.82) is 0 Å². The topological polar surface area (TPSA) is 96.7 Å². The molecule has 1 aromatic carbocycles. The summed E-state index contributed by atoms with van der Waals surface area (Å²) in [5.74, 6) is 0.942. The number of benzene rings is 1. The third kappa shape index (κ3) is 3.42. The minimum Gasteiger partial charge on any atom is -0.497 e. The first-order valence-electron chi connectivity index (χ1n) is 7.08. The zero-order chi connectivity index (χ0) is 16.2. The lowest BCUT2D eigenvalue weighted by molar-refractivity contribution is -0.117. The highest BCUT2D eigenvalue weighted by Gasteiger charge is 2.31. The molecule has 0 saturated carbocycles. The number of carbonyl (C=O) groups excluding carboxylic acids is 2. The van der Waals surface area contributed by atoms with Crippen LogP contribution in [0.15, 0.2) is 41.1 Å². The van der Waals surface area contributed by atoms with Crippen LogP contribution in [0.1, 0.15) is 6.42 Å². The molecule has 2 N–H and O–H groups in total. The molecule has 2 heterocycles. The quantitative estimate of drug-likeness (QED) is 0.893. The number of nitrogens with zero attached hydrogens (tertiary/aromatic N) is 2. The van der Waals surface area contributed by atoms with Crippen molar-refractivity contribution < 1.29 is 18.8 Å². The van der Waals surface area contributed by atoms with Crippen LogP contribution in [0.25, 0.3) is 0 Å². The number of carbonyl (C=O) groups is 2. The molecule has 1 aromatic heterocycles. The van der Waals surface area contributed by atoms with Crippen molar-refractivity contribution in [3.8, 4) is 5.75 Å². The Labute approximate surface area is 132 Å². The van der Waals surface area contributed by atoms with Crippen LogP contribution in [-0.2, 0) is 4.79 Å². The molecule has 0 aliphatic carbocycles. The van der Waals surface area contributed by atoms with Crippen LogP contribution in [0.4, 0.5) is 16.3 Å². The lowest BCUT2D eigenvalue weighted by Crippen LogP contribution is -2.39. The first-order valence-corrected chi connectivity index (χ1v) is 7.08. The fourth-order valence-electron chi connectivity index (χ4n) is 2.45. The van der Waals surface area contributed by atoms with E-state index in [1.54, 1.807) is 18.1 Å². The summed E-state index contributed by atoms with van der Waals surface area (Å²) in [7, 11) is 1.57. The molecule has 0 bridgehead atoms. The minimum absolute atomic E-state index is 0.0509. The van der Waals surface area contributed by atoms with Gasteiger partial charge in [0.25, 0.3) is 0 Å². The molecule has 1 atom stereocenters. The van der Waals surface area contributed by atoms with Gasteiger partial charge in [0.05, 0.1) is 13.2 Å². The molecule has 23 heavy (non-hydrogen) atoms. The Balaban J connectivity index is 1.61. The monoisotopic (exact) mass is 316 g/mol. The predicted molar refractivity (Wildman–Crippen MR) is 82.4 cm³/mol. The van der Waals surface area contributed by atoms with Gasteiger partial charge in [0.15, 0.2) is 5.82 Å². The number of rotatable bonds is 4. The maximum Gasteiger partial charge on any atom is 0.320 e. The van der Waals surface area contributed by atoms with Gasteiger partial charge in [0.2, 0.25) is 5.91 Å². The van der Waals surface area contributed by atoms with Crippen molar-refractivity contribution in [3.05, 3.63) is 36.6 Å². The molecular formula is C15H16N4O4. The first kappa shape index (κ1) is 14.9. The Bertz CT molecular complexity index is 701. The van der Waals surface area contributed by atoms with E-state index < -0.39 is 6.03 Å². The number of urea groups is 1. The van der Waals surface area contributed by atoms with E-state index in [9.17, 15) is 9.59 Å². The smallest absolute Gasteiger partial charge is 0.320 e. The normalized spacial score (nSPS) is 17.2. The van der Waals surface area contributed by atoms with E-state index in [4.69, 9.17) is 4.74 Å². The third-order valence-corrected chi connectivity index (χ3v) is 3.50. The van der Waals surface area contributed by atoms with Gasteiger partial charge in [-0.25, -0.2) is 4.79 Å². The number of nitrogens with one attached hydrogen (secondary N) is 2. The summed E-state index contributed by atoms with van der Waals surface area (Å²) < 4.78 is 9.80. The molecule has 3 amide bonds. The van der Waals surface area contributed by atoms with Crippen molar-refractivity contribution >= 4 is 23.4 Å². The Kier molecular flexibility index (Phi) is 4.13. The molecule has 0 radical (unpaired) electrons. The van der Waals surface area contributed by atoms with Crippen LogP contribution >= 0.6 is 0 Å². The van der Waals surface area contributed by atoms with E-state index >= 15 is 0 Å². The Morgan fingerprint density at radius 3 is 3.04 bits per heavy atom. The lowest BCUT2D eigenvalue weighted by atomic mass is 10.2. The molecule has 8 nitrogen and oxygen atoms in total. The minimum atomic E-state index is -0.427. The highest BCUT2D eigenvalue weighted by molar-refractivity contribution is 5.97. The number of hydrogen-bond acceptors (Lipinski definition) is 5. The fourth-order valence-corrected chi connectivity index (χ4v) is 2.45. The fraction of sp³-hybridized carbons (Fsp3) is 0.267. The zero-order valence-electron chi connectivity index (χ0n) is 12.5.